The van der Waals surface area contributed by atoms with Crippen LogP contribution in [-0.2, 0) is 9.59 Å². The largest absolute Gasteiger partial charge is 0.484 e. The van der Waals surface area contributed by atoms with Crippen LogP contribution in [-0.4, -0.2) is 41.1 Å². The molecule has 2 heterocycles. The molecule has 1 atom stereocenters. The number of benzene rings is 2. The number of rotatable bonds is 5. The van der Waals surface area contributed by atoms with Gasteiger partial charge in [0.15, 0.2) is 6.61 Å². The Balaban J connectivity index is 1.45. The highest BCUT2D eigenvalue weighted by molar-refractivity contribution is 5.85. The number of carboxylic acids is 1. The van der Waals surface area contributed by atoms with Crippen molar-refractivity contribution in [1.29, 1.82) is 0 Å². The molecule has 1 unspecified atom stereocenters. The van der Waals surface area contributed by atoms with E-state index in [0.717, 1.165) is 5.39 Å². The van der Waals surface area contributed by atoms with Gasteiger partial charge in [-0.05, 0) is 54.6 Å². The minimum Gasteiger partial charge on any atom is -0.484 e. The van der Waals surface area contributed by atoms with Gasteiger partial charge in [0.25, 0.3) is 5.91 Å². The number of amides is 1. The van der Waals surface area contributed by atoms with Gasteiger partial charge in [0.05, 0.1) is 5.39 Å². The van der Waals surface area contributed by atoms with Gasteiger partial charge in [0, 0.05) is 12.1 Å². The predicted octanol–water partition coefficient (Wildman–Crippen LogP) is 2.91. The van der Waals surface area contributed by atoms with E-state index >= 15 is 0 Å². The fourth-order valence-corrected chi connectivity index (χ4v) is 3.54. The molecule has 1 aromatic heterocycles. The van der Waals surface area contributed by atoms with Gasteiger partial charge in [-0.25, -0.2) is 9.59 Å². The Morgan fingerprint density at radius 2 is 1.90 bits per heavy atom. The standard InChI is InChI=1S/C22H19NO6/c24-20(23-11-3-6-18(23)21(25)26)13-28-16-9-7-14(8-10-16)19-12-15-4-1-2-5-17(15)22(27)29-19/h1-2,4-5,7-10,12,18H,3,6,11,13H2,(H,25,26). The van der Waals surface area contributed by atoms with E-state index in [1.54, 1.807) is 42.5 Å². The fraction of sp³-hybridized carbons (Fsp3) is 0.227. The topological polar surface area (TPSA) is 97.0 Å². The molecule has 1 fully saturated rings. The molecule has 4 rings (SSSR count). The Kier molecular flexibility index (Phi) is 5.03. The molecule has 0 radical (unpaired) electrons. The summed E-state index contributed by atoms with van der Waals surface area (Å²) >= 11 is 0. The number of hydrogen-bond acceptors (Lipinski definition) is 5. The molecular formula is C22H19NO6. The molecule has 7 heteroatoms. The molecule has 3 aromatic rings. The minimum atomic E-state index is -0.989. The second-order valence-electron chi connectivity index (χ2n) is 6.88. The van der Waals surface area contributed by atoms with Crippen molar-refractivity contribution in [2.45, 2.75) is 18.9 Å². The maximum Gasteiger partial charge on any atom is 0.344 e. The smallest absolute Gasteiger partial charge is 0.344 e. The summed E-state index contributed by atoms with van der Waals surface area (Å²) in [5.74, 6) is -0.425. The van der Waals surface area contributed by atoms with Gasteiger partial charge < -0.3 is 19.2 Å². The molecule has 1 saturated heterocycles. The van der Waals surface area contributed by atoms with Crippen molar-refractivity contribution >= 4 is 22.6 Å². The van der Waals surface area contributed by atoms with Crippen LogP contribution < -0.4 is 10.4 Å². The van der Waals surface area contributed by atoms with Gasteiger partial charge in [0.1, 0.15) is 17.6 Å². The molecule has 0 aliphatic carbocycles. The average molecular weight is 393 g/mol. The van der Waals surface area contributed by atoms with Crippen molar-refractivity contribution < 1.29 is 23.8 Å². The van der Waals surface area contributed by atoms with Gasteiger partial charge in [-0.3, -0.25) is 4.79 Å². The van der Waals surface area contributed by atoms with Crippen molar-refractivity contribution in [1.82, 2.24) is 4.90 Å². The average Bonchev–Trinajstić information content (AvgIpc) is 3.23. The third kappa shape index (κ3) is 3.85. The molecule has 1 aliphatic heterocycles. The number of aliphatic carboxylic acids is 1. The maximum absolute atomic E-state index is 12.3. The first-order chi connectivity index (χ1) is 14.0. The molecule has 0 saturated carbocycles. The Morgan fingerprint density at radius 3 is 2.66 bits per heavy atom. The summed E-state index contributed by atoms with van der Waals surface area (Å²) in [6.07, 6.45) is 1.14. The van der Waals surface area contributed by atoms with Crippen LogP contribution in [0, 0.1) is 0 Å². The van der Waals surface area contributed by atoms with E-state index in [4.69, 9.17) is 9.15 Å². The Bertz CT molecular complexity index is 1120. The van der Waals surface area contributed by atoms with E-state index in [1.807, 2.05) is 12.1 Å². The van der Waals surface area contributed by atoms with E-state index < -0.39 is 17.6 Å². The summed E-state index contributed by atoms with van der Waals surface area (Å²) in [6, 6.07) is 15.1. The molecule has 1 aliphatic rings. The zero-order valence-electron chi connectivity index (χ0n) is 15.5. The van der Waals surface area contributed by atoms with Crippen LogP contribution in [0.3, 0.4) is 0 Å². The van der Waals surface area contributed by atoms with E-state index in [-0.39, 0.29) is 12.5 Å². The summed E-state index contributed by atoms with van der Waals surface area (Å²) in [7, 11) is 0. The van der Waals surface area contributed by atoms with Crippen molar-refractivity contribution in [2.24, 2.45) is 0 Å². The lowest BCUT2D eigenvalue weighted by Crippen LogP contribution is -2.42. The monoisotopic (exact) mass is 393 g/mol. The molecule has 0 bridgehead atoms. The quantitative estimate of drug-likeness (QED) is 0.716. The lowest BCUT2D eigenvalue weighted by Gasteiger charge is -2.21. The number of ether oxygens (including phenoxy) is 1. The first kappa shape index (κ1) is 18.7. The normalized spacial score (nSPS) is 16.1. The van der Waals surface area contributed by atoms with Gasteiger partial charge in [-0.2, -0.15) is 0 Å². The number of carboxylic acid groups (broad SMARTS) is 1. The van der Waals surface area contributed by atoms with Crippen LogP contribution in [0.1, 0.15) is 12.8 Å². The number of fused-ring (bicyclic) bond motifs is 1. The van der Waals surface area contributed by atoms with E-state index in [1.165, 1.54) is 4.90 Å². The summed E-state index contributed by atoms with van der Waals surface area (Å²) in [5.41, 5.74) is 0.305. The lowest BCUT2D eigenvalue weighted by molar-refractivity contribution is -0.148. The SMILES string of the molecule is O=C(O)C1CCCN1C(=O)COc1ccc(-c2cc3ccccc3c(=O)o2)cc1. The molecule has 0 spiro atoms. The van der Waals surface area contributed by atoms with Crippen LogP contribution in [0.2, 0.25) is 0 Å². The third-order valence-corrected chi connectivity index (χ3v) is 5.03. The molecule has 148 valence electrons. The number of carbonyl (C=O) groups is 2. The van der Waals surface area contributed by atoms with E-state index in [9.17, 15) is 19.5 Å². The first-order valence-electron chi connectivity index (χ1n) is 9.31. The van der Waals surface area contributed by atoms with Crippen molar-refractivity contribution in [3.8, 4) is 17.1 Å². The fourth-order valence-electron chi connectivity index (χ4n) is 3.54. The zero-order chi connectivity index (χ0) is 20.4. The second-order valence-corrected chi connectivity index (χ2v) is 6.88. The second kappa shape index (κ2) is 7.79. The van der Waals surface area contributed by atoms with E-state index in [2.05, 4.69) is 0 Å². The van der Waals surface area contributed by atoms with Gasteiger partial charge in [-0.1, -0.05) is 18.2 Å². The summed E-state index contributed by atoms with van der Waals surface area (Å²) in [5, 5.41) is 10.5. The van der Waals surface area contributed by atoms with Crippen LogP contribution in [0.25, 0.3) is 22.1 Å². The van der Waals surface area contributed by atoms with Crippen molar-refractivity contribution in [2.75, 3.05) is 13.2 Å². The Labute approximate surface area is 166 Å². The summed E-state index contributed by atoms with van der Waals surface area (Å²) in [4.78, 5) is 37.0. The predicted molar refractivity (Wildman–Crippen MR) is 106 cm³/mol. The van der Waals surface area contributed by atoms with Gasteiger partial charge in [0.2, 0.25) is 0 Å². The highest BCUT2D eigenvalue weighted by atomic mass is 16.5. The summed E-state index contributed by atoms with van der Waals surface area (Å²) < 4.78 is 10.9. The highest BCUT2D eigenvalue weighted by Gasteiger charge is 2.33. The Hall–Kier alpha value is -3.61. The number of hydrogen-bond donors (Lipinski definition) is 1. The van der Waals surface area contributed by atoms with Gasteiger partial charge in [-0.15, -0.1) is 0 Å². The molecule has 1 amide bonds. The van der Waals surface area contributed by atoms with E-state index in [0.29, 0.717) is 41.8 Å². The van der Waals surface area contributed by atoms with Crippen molar-refractivity contribution in [3.05, 3.63) is 65.0 Å². The van der Waals surface area contributed by atoms with Crippen LogP contribution in [0.4, 0.5) is 0 Å². The maximum atomic E-state index is 12.3. The zero-order valence-corrected chi connectivity index (χ0v) is 15.5. The van der Waals surface area contributed by atoms with Crippen LogP contribution >= 0.6 is 0 Å². The number of carbonyl (C=O) groups excluding carboxylic acids is 1. The van der Waals surface area contributed by atoms with Crippen LogP contribution in [0.5, 0.6) is 5.75 Å². The third-order valence-electron chi connectivity index (χ3n) is 5.03. The van der Waals surface area contributed by atoms with Gasteiger partial charge >= 0.3 is 11.6 Å². The molecule has 29 heavy (non-hydrogen) atoms. The number of nitrogens with zero attached hydrogens (tertiary/aromatic N) is 1. The Morgan fingerprint density at radius 1 is 1.14 bits per heavy atom. The molecular weight excluding hydrogens is 374 g/mol. The van der Waals surface area contributed by atoms with Crippen molar-refractivity contribution in [3.63, 3.8) is 0 Å². The first-order valence-corrected chi connectivity index (χ1v) is 9.31. The summed E-state index contributed by atoms with van der Waals surface area (Å²) in [6.45, 7) is 0.202. The minimum absolute atomic E-state index is 0.228. The lowest BCUT2D eigenvalue weighted by atomic mass is 10.1. The molecule has 2 aromatic carbocycles. The molecule has 1 N–H and O–H groups in total. The number of likely N-dealkylation sites (tertiary alicyclic amines) is 1. The van der Waals surface area contributed by atoms with Crippen LogP contribution in [0.15, 0.2) is 63.8 Å². The molecule has 7 nitrogen and oxygen atoms in total. The highest BCUT2D eigenvalue weighted by Crippen LogP contribution is 2.24.